The fraction of sp³-hybridized carbons (Fsp3) is 0.217. The van der Waals surface area contributed by atoms with Crippen molar-refractivity contribution >= 4 is 21.6 Å². The van der Waals surface area contributed by atoms with Crippen molar-refractivity contribution < 1.29 is 0 Å². The monoisotopic (exact) mass is 387 g/mol. The van der Waals surface area contributed by atoms with Crippen molar-refractivity contribution in [1.82, 2.24) is 15.3 Å². The van der Waals surface area contributed by atoms with E-state index in [1.807, 2.05) is 36.4 Å². The first-order valence-corrected chi connectivity index (χ1v) is 10.5. The van der Waals surface area contributed by atoms with Crippen molar-refractivity contribution in [3.63, 3.8) is 0 Å². The van der Waals surface area contributed by atoms with Gasteiger partial charge in [0.15, 0.2) is 0 Å². The van der Waals surface area contributed by atoms with Crippen LogP contribution in [0.5, 0.6) is 0 Å². The molecule has 140 valence electrons. The lowest BCUT2D eigenvalue weighted by molar-refractivity contribution is 0.587. The van der Waals surface area contributed by atoms with Crippen LogP contribution in [-0.4, -0.2) is 9.97 Å². The van der Waals surface area contributed by atoms with Crippen molar-refractivity contribution in [2.45, 2.75) is 31.8 Å². The lowest BCUT2D eigenvalue weighted by atomic mass is 9.99. The van der Waals surface area contributed by atoms with E-state index >= 15 is 0 Å². The van der Waals surface area contributed by atoms with Crippen LogP contribution in [0.25, 0.3) is 10.2 Å². The van der Waals surface area contributed by atoms with E-state index in [4.69, 9.17) is 4.98 Å². The van der Waals surface area contributed by atoms with Crippen LogP contribution >= 0.6 is 11.3 Å². The summed E-state index contributed by atoms with van der Waals surface area (Å²) in [6.45, 7) is 0.502. The Morgan fingerprint density at radius 2 is 1.68 bits per heavy atom. The molecule has 2 aromatic heterocycles. The predicted octanol–water partition coefficient (Wildman–Crippen LogP) is 4.35. The molecule has 1 aliphatic carbocycles. The summed E-state index contributed by atoms with van der Waals surface area (Å²) in [4.78, 5) is 22.7. The minimum absolute atomic E-state index is 0.00262. The quantitative estimate of drug-likeness (QED) is 0.535. The third-order valence-corrected chi connectivity index (χ3v) is 6.55. The molecule has 0 spiro atoms. The second-order valence-corrected chi connectivity index (χ2v) is 8.27. The Morgan fingerprint density at radius 1 is 1.00 bits per heavy atom. The molecule has 0 unspecified atom stereocenters. The molecule has 0 saturated carbocycles. The van der Waals surface area contributed by atoms with Gasteiger partial charge in [-0.15, -0.1) is 11.3 Å². The molecule has 5 rings (SSSR count). The number of nitrogens with one attached hydrogen (secondary N) is 2. The number of rotatable bonds is 5. The van der Waals surface area contributed by atoms with E-state index in [2.05, 4.69) is 34.6 Å². The number of thiophene rings is 1. The number of aryl methyl sites for hydroxylation is 2. The van der Waals surface area contributed by atoms with Crippen LogP contribution in [0.2, 0.25) is 0 Å². The average molecular weight is 388 g/mol. The molecule has 1 aliphatic rings. The highest BCUT2D eigenvalue weighted by atomic mass is 32.1. The van der Waals surface area contributed by atoms with Gasteiger partial charge in [0.25, 0.3) is 5.56 Å². The fourth-order valence-corrected chi connectivity index (χ4v) is 5.33. The number of aromatic nitrogens is 2. The Labute approximate surface area is 167 Å². The molecular weight excluding hydrogens is 366 g/mol. The maximum atomic E-state index is 12.7. The topological polar surface area (TPSA) is 57.8 Å². The minimum Gasteiger partial charge on any atom is -0.309 e. The van der Waals surface area contributed by atoms with Gasteiger partial charge in [-0.3, -0.25) is 10.1 Å². The Bertz CT molecular complexity index is 1130. The molecule has 0 atom stereocenters. The number of hydrogen-bond acceptors (Lipinski definition) is 4. The Hall–Kier alpha value is -2.76. The van der Waals surface area contributed by atoms with Crippen molar-refractivity contribution in [3.05, 3.63) is 98.4 Å². The number of benzene rings is 2. The molecule has 0 aliphatic heterocycles. The van der Waals surface area contributed by atoms with E-state index in [9.17, 15) is 4.79 Å². The van der Waals surface area contributed by atoms with Gasteiger partial charge in [0, 0.05) is 4.88 Å². The number of nitrogens with zero attached hydrogens (tertiary/aromatic N) is 1. The Morgan fingerprint density at radius 3 is 2.36 bits per heavy atom. The maximum Gasteiger partial charge on any atom is 0.259 e. The minimum atomic E-state index is -0.00262. The zero-order chi connectivity index (χ0) is 18.9. The Balaban J connectivity index is 1.46. The zero-order valence-corrected chi connectivity index (χ0v) is 16.3. The fourth-order valence-electron chi connectivity index (χ4n) is 4.05. The summed E-state index contributed by atoms with van der Waals surface area (Å²) in [5.74, 6) is 0.689. The van der Waals surface area contributed by atoms with Crippen LogP contribution in [0.3, 0.4) is 0 Å². The highest BCUT2D eigenvalue weighted by Gasteiger charge is 2.21. The molecule has 4 nitrogen and oxygen atoms in total. The van der Waals surface area contributed by atoms with Crippen molar-refractivity contribution in [2.24, 2.45) is 0 Å². The molecule has 0 radical (unpaired) electrons. The molecule has 2 heterocycles. The maximum absolute atomic E-state index is 12.7. The van der Waals surface area contributed by atoms with Gasteiger partial charge in [0.2, 0.25) is 0 Å². The van der Waals surface area contributed by atoms with Gasteiger partial charge >= 0.3 is 0 Å². The van der Waals surface area contributed by atoms with Crippen LogP contribution < -0.4 is 10.9 Å². The Kier molecular flexibility index (Phi) is 4.55. The summed E-state index contributed by atoms with van der Waals surface area (Å²) in [5.41, 5.74) is 3.59. The summed E-state index contributed by atoms with van der Waals surface area (Å²) < 4.78 is 0. The number of fused-ring (bicyclic) bond motifs is 3. The highest BCUT2D eigenvalue weighted by molar-refractivity contribution is 7.18. The summed E-state index contributed by atoms with van der Waals surface area (Å²) in [6, 6.07) is 20.8. The lowest BCUT2D eigenvalue weighted by Gasteiger charge is -2.19. The molecule has 28 heavy (non-hydrogen) atoms. The molecule has 5 heteroatoms. The first-order chi connectivity index (χ1) is 13.8. The van der Waals surface area contributed by atoms with Crippen molar-refractivity contribution in [3.8, 4) is 0 Å². The SMILES string of the molecule is O=c1[nH]c(CNC(c2ccccc2)c2ccccc2)nc2sc3c(c12)CCC3. The van der Waals surface area contributed by atoms with E-state index in [1.165, 1.54) is 21.6 Å². The standard InChI is InChI=1S/C23H21N3OS/c27-22-20-17-12-7-13-18(17)28-23(20)26-19(25-22)14-24-21(15-8-3-1-4-9-15)16-10-5-2-6-11-16/h1-6,8-11,21,24H,7,12-14H2,(H,25,26,27). The van der Waals surface area contributed by atoms with Gasteiger partial charge in [-0.25, -0.2) is 4.98 Å². The van der Waals surface area contributed by atoms with Gasteiger partial charge in [-0.05, 0) is 36.0 Å². The first kappa shape index (κ1) is 17.3. The van der Waals surface area contributed by atoms with E-state index in [0.29, 0.717) is 12.4 Å². The van der Waals surface area contributed by atoms with E-state index in [1.54, 1.807) is 11.3 Å². The van der Waals surface area contributed by atoms with Gasteiger partial charge < -0.3 is 4.98 Å². The third-order valence-electron chi connectivity index (χ3n) is 5.36. The van der Waals surface area contributed by atoms with Crippen LogP contribution in [0.1, 0.15) is 39.9 Å². The van der Waals surface area contributed by atoms with E-state index in [0.717, 1.165) is 29.5 Å². The van der Waals surface area contributed by atoms with Gasteiger partial charge in [-0.2, -0.15) is 0 Å². The van der Waals surface area contributed by atoms with Crippen LogP contribution in [-0.2, 0) is 19.4 Å². The van der Waals surface area contributed by atoms with E-state index < -0.39 is 0 Å². The molecular formula is C23H21N3OS. The summed E-state index contributed by atoms with van der Waals surface area (Å²) in [6.07, 6.45) is 3.23. The van der Waals surface area contributed by atoms with Gasteiger partial charge in [0.1, 0.15) is 10.7 Å². The lowest BCUT2D eigenvalue weighted by Crippen LogP contribution is -2.24. The van der Waals surface area contributed by atoms with Crippen LogP contribution in [0.15, 0.2) is 65.5 Å². The molecule has 0 fully saturated rings. The second kappa shape index (κ2) is 7.34. The number of aromatic amines is 1. The molecule has 2 N–H and O–H groups in total. The molecule has 0 bridgehead atoms. The zero-order valence-electron chi connectivity index (χ0n) is 15.4. The largest absolute Gasteiger partial charge is 0.309 e. The average Bonchev–Trinajstić information content (AvgIpc) is 3.31. The summed E-state index contributed by atoms with van der Waals surface area (Å²) >= 11 is 1.68. The number of H-pyrrole nitrogens is 1. The normalized spacial score (nSPS) is 13.3. The molecule has 4 aromatic rings. The van der Waals surface area contributed by atoms with Crippen LogP contribution in [0.4, 0.5) is 0 Å². The summed E-state index contributed by atoms with van der Waals surface area (Å²) in [5, 5.41) is 4.39. The van der Waals surface area contributed by atoms with Gasteiger partial charge in [-0.1, -0.05) is 60.7 Å². The van der Waals surface area contributed by atoms with Crippen molar-refractivity contribution in [2.75, 3.05) is 0 Å². The smallest absolute Gasteiger partial charge is 0.259 e. The van der Waals surface area contributed by atoms with E-state index in [-0.39, 0.29) is 11.6 Å². The first-order valence-electron chi connectivity index (χ1n) is 9.66. The summed E-state index contributed by atoms with van der Waals surface area (Å²) in [7, 11) is 0. The van der Waals surface area contributed by atoms with Crippen LogP contribution in [0, 0.1) is 0 Å². The van der Waals surface area contributed by atoms with Crippen molar-refractivity contribution in [1.29, 1.82) is 0 Å². The molecule has 2 aromatic carbocycles. The highest BCUT2D eigenvalue weighted by Crippen LogP contribution is 2.34. The predicted molar refractivity (Wildman–Crippen MR) is 114 cm³/mol. The second-order valence-electron chi connectivity index (χ2n) is 7.19. The number of hydrogen-bond donors (Lipinski definition) is 2. The molecule has 0 amide bonds. The third kappa shape index (κ3) is 3.17. The molecule has 0 saturated heterocycles. The van der Waals surface area contributed by atoms with Gasteiger partial charge in [0.05, 0.1) is 18.0 Å².